The van der Waals surface area contributed by atoms with Gasteiger partial charge in [-0.15, -0.1) is 0 Å². The van der Waals surface area contributed by atoms with Gasteiger partial charge in [-0.25, -0.2) is 9.97 Å². The van der Waals surface area contributed by atoms with Crippen molar-refractivity contribution in [2.45, 2.75) is 13.3 Å². The summed E-state index contributed by atoms with van der Waals surface area (Å²) in [5.74, 6) is 0. The standard InChI is InChI=1S/C20H25N5O/c1-14-9-17-16(10-15(14)3-4-21)19(25-5-7-26-8-6-25)11-18(23-17)20-12-22-13-24(20)2/h9-13H,3-8,21H2,1-2H3. The first-order valence-electron chi connectivity index (χ1n) is 9.11. The lowest BCUT2D eigenvalue weighted by Crippen LogP contribution is -2.36. The van der Waals surface area contributed by atoms with E-state index in [9.17, 15) is 0 Å². The number of nitrogens with zero attached hydrogens (tertiary/aromatic N) is 4. The van der Waals surface area contributed by atoms with Crippen LogP contribution >= 0.6 is 0 Å². The predicted molar refractivity (Wildman–Crippen MR) is 104 cm³/mol. The zero-order valence-electron chi connectivity index (χ0n) is 15.4. The molecule has 3 aromatic rings. The lowest BCUT2D eigenvalue weighted by Gasteiger charge is -2.30. The Balaban J connectivity index is 1.93. The van der Waals surface area contributed by atoms with Gasteiger partial charge in [-0.2, -0.15) is 0 Å². The molecule has 1 aromatic carbocycles. The number of hydrogen-bond donors (Lipinski definition) is 1. The summed E-state index contributed by atoms with van der Waals surface area (Å²) < 4.78 is 7.56. The van der Waals surface area contributed by atoms with Gasteiger partial charge in [0, 0.05) is 31.2 Å². The molecule has 1 aliphatic rings. The highest BCUT2D eigenvalue weighted by molar-refractivity contribution is 5.95. The maximum Gasteiger partial charge on any atom is 0.0948 e. The number of aryl methyl sites for hydroxylation is 2. The number of benzene rings is 1. The number of pyridine rings is 1. The number of aromatic nitrogens is 3. The van der Waals surface area contributed by atoms with Gasteiger partial charge in [0.25, 0.3) is 0 Å². The van der Waals surface area contributed by atoms with E-state index in [1.165, 1.54) is 22.2 Å². The molecule has 0 bridgehead atoms. The van der Waals surface area contributed by atoms with Gasteiger partial charge < -0.3 is 19.9 Å². The minimum absolute atomic E-state index is 0.653. The molecule has 6 nitrogen and oxygen atoms in total. The monoisotopic (exact) mass is 351 g/mol. The van der Waals surface area contributed by atoms with E-state index >= 15 is 0 Å². The van der Waals surface area contributed by atoms with E-state index < -0.39 is 0 Å². The Kier molecular flexibility index (Phi) is 4.61. The van der Waals surface area contributed by atoms with E-state index in [2.05, 4.69) is 35.0 Å². The molecule has 0 amide bonds. The van der Waals surface area contributed by atoms with Crippen LogP contribution in [0.5, 0.6) is 0 Å². The third-order valence-corrected chi connectivity index (χ3v) is 5.09. The molecule has 0 atom stereocenters. The summed E-state index contributed by atoms with van der Waals surface area (Å²) >= 11 is 0. The Hall–Kier alpha value is -2.44. The van der Waals surface area contributed by atoms with Gasteiger partial charge in [0.1, 0.15) is 0 Å². The number of hydrogen-bond acceptors (Lipinski definition) is 5. The molecule has 0 radical (unpaired) electrons. The molecule has 0 saturated carbocycles. The van der Waals surface area contributed by atoms with Crippen LogP contribution in [0.4, 0.5) is 5.69 Å². The molecule has 136 valence electrons. The quantitative estimate of drug-likeness (QED) is 0.781. The molecular weight excluding hydrogens is 326 g/mol. The molecule has 6 heteroatoms. The van der Waals surface area contributed by atoms with Crippen LogP contribution in [0.1, 0.15) is 11.1 Å². The first-order valence-corrected chi connectivity index (χ1v) is 9.11. The van der Waals surface area contributed by atoms with Gasteiger partial charge in [0.15, 0.2) is 0 Å². The highest BCUT2D eigenvalue weighted by atomic mass is 16.5. The molecular formula is C20H25N5O. The topological polar surface area (TPSA) is 69.2 Å². The second-order valence-corrected chi connectivity index (χ2v) is 6.85. The van der Waals surface area contributed by atoms with E-state index in [1.807, 2.05) is 24.1 Å². The molecule has 0 unspecified atom stereocenters. The first-order chi connectivity index (χ1) is 12.7. The van der Waals surface area contributed by atoms with Crippen LogP contribution in [0.3, 0.4) is 0 Å². The van der Waals surface area contributed by atoms with Crippen molar-refractivity contribution in [2.75, 3.05) is 37.7 Å². The number of fused-ring (bicyclic) bond motifs is 1. The average molecular weight is 351 g/mol. The molecule has 1 aliphatic heterocycles. The van der Waals surface area contributed by atoms with Crippen LogP contribution in [-0.4, -0.2) is 47.4 Å². The van der Waals surface area contributed by atoms with Gasteiger partial charge >= 0.3 is 0 Å². The lowest BCUT2D eigenvalue weighted by molar-refractivity contribution is 0.123. The van der Waals surface area contributed by atoms with E-state index in [4.69, 9.17) is 15.5 Å². The zero-order valence-corrected chi connectivity index (χ0v) is 15.4. The molecule has 1 fully saturated rings. The third kappa shape index (κ3) is 3.06. The predicted octanol–water partition coefficient (Wildman–Crippen LogP) is 2.28. The average Bonchev–Trinajstić information content (AvgIpc) is 3.08. The number of anilines is 1. The van der Waals surface area contributed by atoms with E-state index in [0.717, 1.165) is 49.6 Å². The smallest absolute Gasteiger partial charge is 0.0948 e. The number of rotatable bonds is 4. The van der Waals surface area contributed by atoms with Crippen molar-refractivity contribution in [2.24, 2.45) is 12.8 Å². The summed E-state index contributed by atoms with van der Waals surface area (Å²) in [5.41, 5.74) is 12.5. The molecule has 0 spiro atoms. The maximum atomic E-state index is 5.81. The zero-order chi connectivity index (χ0) is 18.1. The lowest BCUT2D eigenvalue weighted by atomic mass is 10.00. The Morgan fingerprint density at radius 3 is 2.69 bits per heavy atom. The fourth-order valence-corrected chi connectivity index (χ4v) is 3.63. The van der Waals surface area contributed by atoms with Gasteiger partial charge in [0.05, 0.1) is 42.6 Å². The van der Waals surface area contributed by atoms with Crippen LogP contribution in [0.2, 0.25) is 0 Å². The van der Waals surface area contributed by atoms with Gasteiger partial charge in [-0.05, 0) is 49.2 Å². The van der Waals surface area contributed by atoms with E-state index in [-0.39, 0.29) is 0 Å². The number of morpholine rings is 1. The number of imidazole rings is 1. The summed E-state index contributed by atoms with van der Waals surface area (Å²) in [5, 5.41) is 1.19. The van der Waals surface area contributed by atoms with Crippen LogP contribution in [0.15, 0.2) is 30.7 Å². The van der Waals surface area contributed by atoms with Crippen molar-refractivity contribution in [1.82, 2.24) is 14.5 Å². The van der Waals surface area contributed by atoms with Crippen LogP contribution in [-0.2, 0) is 18.2 Å². The second kappa shape index (κ2) is 7.05. The summed E-state index contributed by atoms with van der Waals surface area (Å²) in [6, 6.07) is 6.64. The summed E-state index contributed by atoms with van der Waals surface area (Å²) in [7, 11) is 2.00. The van der Waals surface area contributed by atoms with Crippen molar-refractivity contribution in [3.63, 3.8) is 0 Å². The molecule has 4 rings (SSSR count). The Morgan fingerprint density at radius 1 is 1.19 bits per heavy atom. The van der Waals surface area contributed by atoms with Crippen LogP contribution < -0.4 is 10.6 Å². The van der Waals surface area contributed by atoms with Gasteiger partial charge in [-0.1, -0.05) is 0 Å². The third-order valence-electron chi connectivity index (χ3n) is 5.09. The van der Waals surface area contributed by atoms with Crippen molar-refractivity contribution in [3.8, 4) is 11.4 Å². The Bertz CT molecular complexity index is 927. The summed E-state index contributed by atoms with van der Waals surface area (Å²) in [6.07, 6.45) is 4.56. The largest absolute Gasteiger partial charge is 0.378 e. The fourth-order valence-electron chi connectivity index (χ4n) is 3.63. The Morgan fingerprint density at radius 2 is 2.00 bits per heavy atom. The van der Waals surface area contributed by atoms with Crippen molar-refractivity contribution < 1.29 is 4.74 Å². The van der Waals surface area contributed by atoms with E-state index in [1.54, 1.807) is 0 Å². The molecule has 0 aliphatic carbocycles. The normalized spacial score (nSPS) is 15.0. The molecule has 2 aromatic heterocycles. The van der Waals surface area contributed by atoms with Gasteiger partial charge in [0.2, 0.25) is 0 Å². The number of nitrogens with two attached hydrogens (primary N) is 1. The molecule has 2 N–H and O–H groups in total. The van der Waals surface area contributed by atoms with Crippen molar-refractivity contribution >= 4 is 16.6 Å². The summed E-state index contributed by atoms with van der Waals surface area (Å²) in [6.45, 7) is 6.09. The van der Waals surface area contributed by atoms with Crippen LogP contribution in [0.25, 0.3) is 22.3 Å². The number of ether oxygens (including phenoxy) is 1. The highest BCUT2D eigenvalue weighted by Crippen LogP contribution is 2.33. The Labute approximate surface area is 153 Å². The van der Waals surface area contributed by atoms with Crippen molar-refractivity contribution in [3.05, 3.63) is 41.9 Å². The van der Waals surface area contributed by atoms with Crippen molar-refractivity contribution in [1.29, 1.82) is 0 Å². The van der Waals surface area contributed by atoms with Crippen LogP contribution in [0, 0.1) is 6.92 Å². The molecule has 1 saturated heterocycles. The minimum atomic E-state index is 0.653. The fraction of sp³-hybridized carbons (Fsp3) is 0.400. The first kappa shape index (κ1) is 17.0. The highest BCUT2D eigenvalue weighted by Gasteiger charge is 2.18. The maximum absolute atomic E-state index is 5.81. The minimum Gasteiger partial charge on any atom is -0.378 e. The molecule has 26 heavy (non-hydrogen) atoms. The molecule has 3 heterocycles. The van der Waals surface area contributed by atoms with Gasteiger partial charge in [-0.3, -0.25) is 0 Å². The SMILES string of the molecule is Cc1cc2nc(-c3cncn3C)cc(N3CCOCC3)c2cc1CCN. The second-order valence-electron chi connectivity index (χ2n) is 6.85. The van der Waals surface area contributed by atoms with E-state index in [0.29, 0.717) is 6.54 Å². The summed E-state index contributed by atoms with van der Waals surface area (Å²) in [4.78, 5) is 11.6.